The molecule has 25 heavy (non-hydrogen) atoms. The Morgan fingerprint density at radius 1 is 1.20 bits per heavy atom. The highest BCUT2D eigenvalue weighted by molar-refractivity contribution is 8.27. The molecule has 2 heterocycles. The SMILES string of the molecule is CCN1C(=O)/C(=C2/Sc3ccccc3N2CCCS(=O)(=O)O)SC1=S. The molecule has 0 aromatic heterocycles. The van der Waals surface area contributed by atoms with Gasteiger partial charge < -0.3 is 4.90 Å². The highest BCUT2D eigenvalue weighted by Gasteiger charge is 2.38. The molecule has 0 radical (unpaired) electrons. The first-order valence-corrected chi connectivity index (χ1v) is 11.2. The molecule has 1 aromatic rings. The van der Waals surface area contributed by atoms with E-state index in [1.807, 2.05) is 36.1 Å². The largest absolute Gasteiger partial charge is 0.334 e. The molecule has 0 aliphatic carbocycles. The Morgan fingerprint density at radius 2 is 1.92 bits per heavy atom. The van der Waals surface area contributed by atoms with E-state index in [0.717, 1.165) is 15.6 Å². The molecule has 1 fully saturated rings. The van der Waals surface area contributed by atoms with Crippen LogP contribution in [0.2, 0.25) is 0 Å². The Hall–Kier alpha value is -1.07. The highest BCUT2D eigenvalue weighted by atomic mass is 32.2. The zero-order valence-corrected chi connectivity index (χ0v) is 16.6. The molecule has 0 atom stereocenters. The van der Waals surface area contributed by atoms with Crippen LogP contribution in [0.1, 0.15) is 13.3 Å². The Kier molecular flexibility index (Phi) is 5.45. The molecule has 10 heteroatoms. The summed E-state index contributed by atoms with van der Waals surface area (Å²) in [5.41, 5.74) is 0.930. The average molecular weight is 417 g/mol. The molecular formula is C15H16N2O4S4. The van der Waals surface area contributed by atoms with Crippen LogP contribution in [0.15, 0.2) is 39.1 Å². The smallest absolute Gasteiger partial charge is 0.268 e. The van der Waals surface area contributed by atoms with Crippen LogP contribution in [0.4, 0.5) is 5.69 Å². The van der Waals surface area contributed by atoms with Crippen LogP contribution in [-0.2, 0) is 14.9 Å². The number of thioether (sulfide) groups is 2. The number of likely N-dealkylation sites (N-methyl/N-ethyl adjacent to an activating group) is 1. The summed E-state index contributed by atoms with van der Waals surface area (Å²) >= 11 is 8.04. The maximum absolute atomic E-state index is 12.6. The summed E-state index contributed by atoms with van der Waals surface area (Å²) in [5.74, 6) is -0.438. The van der Waals surface area contributed by atoms with Gasteiger partial charge in [-0.15, -0.1) is 0 Å². The summed E-state index contributed by atoms with van der Waals surface area (Å²) < 4.78 is 31.5. The minimum absolute atomic E-state index is 0.118. The first-order chi connectivity index (χ1) is 11.8. The number of para-hydroxylation sites is 1. The summed E-state index contributed by atoms with van der Waals surface area (Å²) in [6.07, 6.45) is 0.255. The predicted octanol–water partition coefficient (Wildman–Crippen LogP) is 2.93. The molecule has 0 bridgehead atoms. The van der Waals surface area contributed by atoms with Crippen LogP contribution in [0, 0.1) is 0 Å². The third kappa shape index (κ3) is 3.87. The molecule has 2 aliphatic rings. The fraction of sp³-hybridized carbons (Fsp3) is 0.333. The predicted molar refractivity (Wildman–Crippen MR) is 105 cm³/mol. The second kappa shape index (κ2) is 7.28. The van der Waals surface area contributed by atoms with Gasteiger partial charge in [-0.2, -0.15) is 8.42 Å². The van der Waals surface area contributed by atoms with Crippen molar-refractivity contribution in [3.63, 3.8) is 0 Å². The molecule has 0 saturated carbocycles. The molecule has 1 aromatic carbocycles. The van der Waals surface area contributed by atoms with Gasteiger partial charge in [0.1, 0.15) is 14.3 Å². The number of benzene rings is 1. The van der Waals surface area contributed by atoms with Crippen molar-refractivity contribution >= 4 is 61.8 Å². The molecule has 3 rings (SSSR count). The normalized spacial score (nSPS) is 20.6. The van der Waals surface area contributed by atoms with Crippen molar-refractivity contribution in [3.8, 4) is 0 Å². The molecule has 0 unspecified atom stereocenters. The van der Waals surface area contributed by atoms with Gasteiger partial charge >= 0.3 is 0 Å². The minimum Gasteiger partial charge on any atom is -0.334 e. The molecule has 1 N–H and O–H groups in total. The van der Waals surface area contributed by atoms with E-state index in [4.69, 9.17) is 16.8 Å². The third-order valence-electron chi connectivity index (χ3n) is 3.75. The Labute approximate surface area is 160 Å². The summed E-state index contributed by atoms with van der Waals surface area (Å²) in [6, 6.07) is 7.71. The monoisotopic (exact) mass is 416 g/mol. The standard InChI is InChI=1S/C15H16N2O4S4/c1-2-16-13(18)12(24-15(16)22)14-17(8-5-9-25(19,20)21)10-6-3-4-7-11(10)23-14/h3-4,6-7H,2,5,8-9H2,1H3,(H,19,20,21)/b14-12-. The molecule has 1 saturated heterocycles. The lowest BCUT2D eigenvalue weighted by Gasteiger charge is -2.21. The number of nitrogens with zero attached hydrogens (tertiary/aromatic N) is 2. The van der Waals surface area contributed by atoms with Crippen molar-refractivity contribution in [3.05, 3.63) is 34.2 Å². The van der Waals surface area contributed by atoms with Gasteiger partial charge in [-0.3, -0.25) is 14.2 Å². The topological polar surface area (TPSA) is 77.9 Å². The summed E-state index contributed by atoms with van der Waals surface area (Å²) in [4.78, 5) is 17.7. The van der Waals surface area contributed by atoms with E-state index in [1.54, 1.807) is 4.90 Å². The number of hydrogen-bond acceptors (Lipinski definition) is 7. The van der Waals surface area contributed by atoms with Crippen molar-refractivity contribution < 1.29 is 17.8 Å². The van der Waals surface area contributed by atoms with Gasteiger partial charge in [0.2, 0.25) is 0 Å². The van der Waals surface area contributed by atoms with Crippen molar-refractivity contribution in [2.45, 2.75) is 18.2 Å². The number of amides is 1. The summed E-state index contributed by atoms with van der Waals surface area (Å²) in [7, 11) is -4.01. The molecular weight excluding hydrogens is 400 g/mol. The minimum atomic E-state index is -4.01. The number of rotatable bonds is 5. The van der Waals surface area contributed by atoms with Crippen LogP contribution in [0.3, 0.4) is 0 Å². The highest BCUT2D eigenvalue weighted by Crippen LogP contribution is 2.50. The maximum Gasteiger partial charge on any atom is 0.268 e. The second-order valence-electron chi connectivity index (χ2n) is 5.41. The van der Waals surface area contributed by atoms with Gasteiger partial charge in [0.25, 0.3) is 16.0 Å². The van der Waals surface area contributed by atoms with Crippen molar-refractivity contribution in [1.82, 2.24) is 4.90 Å². The van der Waals surface area contributed by atoms with Crippen molar-refractivity contribution in [2.75, 3.05) is 23.7 Å². The first kappa shape index (κ1) is 18.7. The lowest BCUT2D eigenvalue weighted by atomic mass is 10.3. The lowest BCUT2D eigenvalue weighted by Crippen LogP contribution is -2.29. The number of carbonyl (C=O) groups excluding carboxylic acids is 1. The Morgan fingerprint density at radius 3 is 2.56 bits per heavy atom. The number of fused-ring (bicyclic) bond motifs is 1. The van der Waals surface area contributed by atoms with Crippen LogP contribution in [0.25, 0.3) is 0 Å². The van der Waals surface area contributed by atoms with E-state index < -0.39 is 10.1 Å². The molecule has 1 amide bonds. The van der Waals surface area contributed by atoms with Crippen LogP contribution in [-0.4, -0.2) is 46.9 Å². The van der Waals surface area contributed by atoms with Crippen LogP contribution >= 0.6 is 35.7 Å². The van der Waals surface area contributed by atoms with E-state index in [9.17, 15) is 13.2 Å². The van der Waals surface area contributed by atoms with Crippen molar-refractivity contribution in [2.24, 2.45) is 0 Å². The van der Waals surface area contributed by atoms with E-state index in [1.165, 1.54) is 23.5 Å². The van der Waals surface area contributed by atoms with Crippen LogP contribution < -0.4 is 4.90 Å². The van der Waals surface area contributed by atoms with Gasteiger partial charge in [-0.05, 0) is 25.5 Å². The van der Waals surface area contributed by atoms with E-state index >= 15 is 0 Å². The number of anilines is 1. The molecule has 2 aliphatic heterocycles. The van der Waals surface area contributed by atoms with E-state index in [0.29, 0.717) is 22.3 Å². The second-order valence-corrected chi connectivity index (χ2v) is 9.66. The van der Waals surface area contributed by atoms with Gasteiger partial charge in [0.05, 0.1) is 11.4 Å². The molecule has 6 nitrogen and oxygen atoms in total. The third-order valence-corrected chi connectivity index (χ3v) is 7.31. The number of carbonyl (C=O) groups is 1. The average Bonchev–Trinajstić information content (AvgIpc) is 3.04. The maximum atomic E-state index is 12.6. The quantitative estimate of drug-likeness (QED) is 0.446. The first-order valence-electron chi connectivity index (χ1n) is 7.59. The van der Waals surface area contributed by atoms with Crippen molar-refractivity contribution in [1.29, 1.82) is 0 Å². The van der Waals surface area contributed by atoms with E-state index in [-0.39, 0.29) is 18.1 Å². The number of hydrogen-bond donors (Lipinski definition) is 1. The van der Waals surface area contributed by atoms with E-state index in [2.05, 4.69) is 0 Å². The van der Waals surface area contributed by atoms with Gasteiger partial charge in [-0.1, -0.05) is 47.9 Å². The Balaban J connectivity index is 1.94. The van der Waals surface area contributed by atoms with Gasteiger partial charge in [0, 0.05) is 18.0 Å². The van der Waals surface area contributed by atoms with Crippen LogP contribution in [0.5, 0.6) is 0 Å². The lowest BCUT2D eigenvalue weighted by molar-refractivity contribution is -0.122. The zero-order valence-electron chi connectivity index (χ0n) is 13.3. The zero-order chi connectivity index (χ0) is 18.2. The van der Waals surface area contributed by atoms with Gasteiger partial charge in [-0.25, -0.2) is 0 Å². The summed E-state index contributed by atoms with van der Waals surface area (Å²) in [6.45, 7) is 2.77. The van der Waals surface area contributed by atoms with Gasteiger partial charge in [0.15, 0.2) is 0 Å². The summed E-state index contributed by atoms with van der Waals surface area (Å²) in [5, 5.41) is 0.768. The molecule has 134 valence electrons. The Bertz CT molecular complexity index is 866. The number of thiocarbonyl (C=S) groups is 1. The fourth-order valence-corrected chi connectivity index (χ4v) is 5.85. The molecule has 0 spiro atoms. The fourth-order valence-electron chi connectivity index (χ4n) is 2.63.